The van der Waals surface area contributed by atoms with Crippen LogP contribution in [0.3, 0.4) is 0 Å². The number of hydrogen-bond acceptors (Lipinski definition) is 3. The van der Waals surface area contributed by atoms with Crippen LogP contribution in [0.5, 0.6) is 0 Å². The maximum Gasteiger partial charge on any atom is 0.153 e. The molecule has 0 bridgehead atoms. The third-order valence-electron chi connectivity index (χ3n) is 1.94. The smallest absolute Gasteiger partial charge is 0.153 e. The van der Waals surface area contributed by atoms with E-state index in [4.69, 9.17) is 17.3 Å². The number of nitrogens with two attached hydrogens (primary N) is 1. The minimum Gasteiger partial charge on any atom is -0.396 e. The summed E-state index contributed by atoms with van der Waals surface area (Å²) in [5, 5.41) is 0.472. The molecule has 0 unspecified atom stereocenters. The highest BCUT2D eigenvalue weighted by molar-refractivity contribution is 6.29. The van der Waals surface area contributed by atoms with Crippen molar-refractivity contribution in [2.75, 3.05) is 24.2 Å². The van der Waals surface area contributed by atoms with Gasteiger partial charge in [0.15, 0.2) is 5.82 Å². The van der Waals surface area contributed by atoms with E-state index in [2.05, 4.69) is 25.8 Å². The monoisotopic (exact) mass is 227 g/mol. The van der Waals surface area contributed by atoms with Gasteiger partial charge in [0.1, 0.15) is 5.15 Å². The molecule has 1 aromatic heterocycles. The standard InChI is InChI=1S/C11H18ClN3/c1-11(2,3)7-15(4)10-8(13)5-6-9(12)14-10/h5-6H,7,13H2,1-4H3. The van der Waals surface area contributed by atoms with Crippen LogP contribution in [0.4, 0.5) is 11.5 Å². The number of pyridine rings is 1. The van der Waals surface area contributed by atoms with E-state index < -0.39 is 0 Å². The average molecular weight is 228 g/mol. The van der Waals surface area contributed by atoms with Gasteiger partial charge in [-0.25, -0.2) is 4.98 Å². The minimum atomic E-state index is 0.200. The van der Waals surface area contributed by atoms with Crippen molar-refractivity contribution >= 4 is 23.1 Å². The molecule has 0 aliphatic heterocycles. The Morgan fingerprint density at radius 3 is 2.53 bits per heavy atom. The first-order chi connectivity index (χ1) is 6.79. The second kappa shape index (κ2) is 4.27. The number of anilines is 2. The van der Waals surface area contributed by atoms with E-state index in [9.17, 15) is 0 Å². The molecule has 4 heteroatoms. The summed E-state index contributed by atoms with van der Waals surface area (Å²) in [6.45, 7) is 7.39. The molecule has 0 atom stereocenters. The average Bonchev–Trinajstić information content (AvgIpc) is 2.06. The molecular formula is C11H18ClN3. The SMILES string of the molecule is CN(CC(C)(C)C)c1nc(Cl)ccc1N. The molecule has 0 fully saturated rings. The van der Waals surface area contributed by atoms with Gasteiger partial charge in [0, 0.05) is 13.6 Å². The lowest BCUT2D eigenvalue weighted by molar-refractivity contribution is 0.418. The van der Waals surface area contributed by atoms with Crippen LogP contribution in [0.1, 0.15) is 20.8 Å². The molecule has 0 aliphatic carbocycles. The fraction of sp³-hybridized carbons (Fsp3) is 0.545. The van der Waals surface area contributed by atoms with E-state index >= 15 is 0 Å². The van der Waals surface area contributed by atoms with E-state index in [0.29, 0.717) is 10.8 Å². The highest BCUT2D eigenvalue weighted by Crippen LogP contribution is 2.25. The number of aromatic nitrogens is 1. The second-order valence-electron chi connectivity index (χ2n) is 4.96. The van der Waals surface area contributed by atoms with Crippen molar-refractivity contribution in [3.63, 3.8) is 0 Å². The van der Waals surface area contributed by atoms with E-state index in [1.807, 2.05) is 11.9 Å². The minimum absolute atomic E-state index is 0.200. The van der Waals surface area contributed by atoms with Gasteiger partial charge in [-0.05, 0) is 17.5 Å². The zero-order chi connectivity index (χ0) is 11.6. The van der Waals surface area contributed by atoms with Crippen LogP contribution in [0.2, 0.25) is 5.15 Å². The molecular weight excluding hydrogens is 210 g/mol. The van der Waals surface area contributed by atoms with Gasteiger partial charge >= 0.3 is 0 Å². The van der Waals surface area contributed by atoms with Crippen LogP contribution in [0.15, 0.2) is 12.1 Å². The van der Waals surface area contributed by atoms with E-state index in [0.717, 1.165) is 12.4 Å². The van der Waals surface area contributed by atoms with Crippen LogP contribution in [0, 0.1) is 5.41 Å². The van der Waals surface area contributed by atoms with Crippen molar-refractivity contribution < 1.29 is 0 Å². The Bertz CT molecular complexity index is 344. The van der Waals surface area contributed by atoms with Crippen molar-refractivity contribution in [1.29, 1.82) is 0 Å². The van der Waals surface area contributed by atoms with Gasteiger partial charge < -0.3 is 10.6 Å². The lowest BCUT2D eigenvalue weighted by Gasteiger charge is -2.28. The number of nitrogens with zero attached hydrogens (tertiary/aromatic N) is 2. The maximum atomic E-state index is 5.85. The summed E-state index contributed by atoms with van der Waals surface area (Å²) in [5.41, 5.74) is 6.70. The van der Waals surface area contributed by atoms with E-state index in [1.54, 1.807) is 12.1 Å². The molecule has 0 saturated carbocycles. The van der Waals surface area contributed by atoms with Gasteiger partial charge in [-0.15, -0.1) is 0 Å². The topological polar surface area (TPSA) is 42.2 Å². The highest BCUT2D eigenvalue weighted by Gasteiger charge is 2.16. The molecule has 1 heterocycles. The predicted octanol–water partition coefficient (Wildman–Crippen LogP) is 2.80. The Morgan fingerprint density at radius 2 is 2.00 bits per heavy atom. The quantitative estimate of drug-likeness (QED) is 0.791. The van der Waals surface area contributed by atoms with Crippen molar-refractivity contribution in [1.82, 2.24) is 4.98 Å². The number of halogens is 1. The number of rotatable bonds is 2. The van der Waals surface area contributed by atoms with E-state index in [-0.39, 0.29) is 5.41 Å². The first kappa shape index (κ1) is 12.1. The molecule has 0 amide bonds. The van der Waals surface area contributed by atoms with Crippen molar-refractivity contribution in [3.8, 4) is 0 Å². The molecule has 0 saturated heterocycles. The summed E-state index contributed by atoms with van der Waals surface area (Å²) in [6.07, 6.45) is 0. The van der Waals surface area contributed by atoms with Gasteiger partial charge in [0.25, 0.3) is 0 Å². The molecule has 1 rings (SSSR count). The summed E-state index contributed by atoms with van der Waals surface area (Å²) in [5.74, 6) is 0.748. The van der Waals surface area contributed by atoms with Crippen LogP contribution in [-0.4, -0.2) is 18.6 Å². The van der Waals surface area contributed by atoms with Gasteiger partial charge in [-0.3, -0.25) is 0 Å². The Morgan fingerprint density at radius 1 is 1.40 bits per heavy atom. The predicted molar refractivity (Wildman–Crippen MR) is 66.4 cm³/mol. The molecule has 0 radical (unpaired) electrons. The van der Waals surface area contributed by atoms with Gasteiger partial charge in [0.2, 0.25) is 0 Å². The zero-order valence-corrected chi connectivity index (χ0v) is 10.5. The summed E-state index contributed by atoms with van der Waals surface area (Å²) >= 11 is 5.84. The van der Waals surface area contributed by atoms with E-state index in [1.165, 1.54) is 0 Å². The van der Waals surface area contributed by atoms with Gasteiger partial charge in [0.05, 0.1) is 5.69 Å². The van der Waals surface area contributed by atoms with Gasteiger partial charge in [-0.1, -0.05) is 32.4 Å². The summed E-state index contributed by atoms with van der Waals surface area (Å²) in [6, 6.07) is 3.48. The molecule has 84 valence electrons. The molecule has 0 aliphatic rings. The van der Waals surface area contributed by atoms with Crippen molar-refractivity contribution in [2.45, 2.75) is 20.8 Å². The summed E-state index contributed by atoms with van der Waals surface area (Å²) in [7, 11) is 1.97. The fourth-order valence-corrected chi connectivity index (χ4v) is 1.67. The maximum absolute atomic E-state index is 5.85. The second-order valence-corrected chi connectivity index (χ2v) is 5.35. The number of nitrogen functional groups attached to an aromatic ring is 1. The molecule has 3 nitrogen and oxygen atoms in total. The lowest BCUT2D eigenvalue weighted by atomic mass is 9.96. The van der Waals surface area contributed by atoms with Crippen LogP contribution < -0.4 is 10.6 Å². The Hall–Kier alpha value is -0.960. The molecule has 0 spiro atoms. The molecule has 1 aromatic rings. The molecule has 0 aromatic carbocycles. The zero-order valence-electron chi connectivity index (χ0n) is 9.71. The summed E-state index contributed by atoms with van der Waals surface area (Å²) in [4.78, 5) is 6.25. The Balaban J connectivity index is 2.90. The highest BCUT2D eigenvalue weighted by atomic mass is 35.5. The lowest BCUT2D eigenvalue weighted by Crippen LogP contribution is -2.30. The third-order valence-corrected chi connectivity index (χ3v) is 2.15. The Kier molecular flexibility index (Phi) is 3.45. The van der Waals surface area contributed by atoms with Crippen LogP contribution >= 0.6 is 11.6 Å². The van der Waals surface area contributed by atoms with Crippen molar-refractivity contribution in [3.05, 3.63) is 17.3 Å². The molecule has 15 heavy (non-hydrogen) atoms. The summed E-state index contributed by atoms with van der Waals surface area (Å²) < 4.78 is 0. The largest absolute Gasteiger partial charge is 0.396 e. The third kappa shape index (κ3) is 3.59. The first-order valence-electron chi connectivity index (χ1n) is 4.93. The van der Waals surface area contributed by atoms with Gasteiger partial charge in [-0.2, -0.15) is 0 Å². The van der Waals surface area contributed by atoms with Crippen LogP contribution in [-0.2, 0) is 0 Å². The number of hydrogen-bond donors (Lipinski definition) is 1. The van der Waals surface area contributed by atoms with Crippen molar-refractivity contribution in [2.24, 2.45) is 5.41 Å². The first-order valence-corrected chi connectivity index (χ1v) is 5.30. The normalized spacial score (nSPS) is 11.5. The fourth-order valence-electron chi connectivity index (χ4n) is 1.53. The Labute approximate surface area is 96.2 Å². The molecule has 2 N–H and O–H groups in total. The van der Waals surface area contributed by atoms with Crippen LogP contribution in [0.25, 0.3) is 0 Å².